The van der Waals surface area contributed by atoms with E-state index in [2.05, 4.69) is 5.32 Å². The first-order valence-corrected chi connectivity index (χ1v) is 6.75. The third-order valence-corrected chi connectivity index (χ3v) is 3.28. The van der Waals surface area contributed by atoms with Crippen molar-refractivity contribution in [1.82, 2.24) is 0 Å². The van der Waals surface area contributed by atoms with Crippen LogP contribution in [0.25, 0.3) is 0 Å². The molecule has 8 nitrogen and oxygen atoms in total. The van der Waals surface area contributed by atoms with Crippen LogP contribution in [-0.2, 0) is 4.79 Å². The number of nitro benzene ring substituents is 1. The molecule has 1 aromatic heterocycles. The van der Waals surface area contributed by atoms with Crippen molar-refractivity contribution in [2.45, 2.75) is 13.0 Å². The maximum absolute atomic E-state index is 12.3. The van der Waals surface area contributed by atoms with Crippen LogP contribution in [0, 0.1) is 10.1 Å². The highest BCUT2D eigenvalue weighted by atomic mass is 16.6. The maximum Gasteiger partial charge on any atom is 0.293 e. The number of aromatic hydroxyl groups is 1. The first kappa shape index (κ1) is 16.2. The third kappa shape index (κ3) is 3.73. The summed E-state index contributed by atoms with van der Waals surface area (Å²) in [7, 11) is 1.41. The lowest BCUT2D eigenvalue weighted by molar-refractivity contribution is -0.705. The summed E-state index contributed by atoms with van der Waals surface area (Å²) in [6.45, 7) is 1.64. The van der Waals surface area contributed by atoms with Gasteiger partial charge >= 0.3 is 0 Å². The number of hydrogen-bond donors (Lipinski definition) is 2. The Morgan fingerprint density at radius 1 is 1.43 bits per heavy atom. The minimum absolute atomic E-state index is 0.0279. The van der Waals surface area contributed by atoms with Crippen molar-refractivity contribution in [2.24, 2.45) is 0 Å². The van der Waals surface area contributed by atoms with Gasteiger partial charge in [0.1, 0.15) is 5.75 Å². The summed E-state index contributed by atoms with van der Waals surface area (Å²) in [6.07, 6.45) is 3.05. The average molecular weight is 318 g/mol. The summed E-state index contributed by atoms with van der Waals surface area (Å²) in [5.41, 5.74) is 0.0538. The average Bonchev–Trinajstić information content (AvgIpc) is 2.53. The Hall–Kier alpha value is -3.16. The number of carbonyl (C=O) groups is 1. The van der Waals surface area contributed by atoms with E-state index in [0.717, 1.165) is 0 Å². The molecule has 0 radical (unpaired) electrons. The smallest absolute Gasteiger partial charge is 0.293 e. The standard InChI is InChI=1S/C15H15N3O5/c1-10(17-7-3-4-12(19)9-17)15(20)16-13-8-11(18(21)22)5-6-14(13)23-2/h3-10H,1-2H3,(H-,16,19,20)/p+1/t10-/m1/s1. The van der Waals surface area contributed by atoms with Gasteiger partial charge in [-0.1, -0.05) is 0 Å². The van der Waals surface area contributed by atoms with Crippen molar-refractivity contribution >= 4 is 17.3 Å². The number of ether oxygens (including phenoxy) is 1. The van der Waals surface area contributed by atoms with Crippen molar-refractivity contribution in [1.29, 1.82) is 0 Å². The number of nitrogens with zero attached hydrogens (tertiary/aromatic N) is 2. The highest BCUT2D eigenvalue weighted by Crippen LogP contribution is 2.29. The van der Waals surface area contributed by atoms with Crippen LogP contribution < -0.4 is 14.6 Å². The van der Waals surface area contributed by atoms with Crippen molar-refractivity contribution in [3.8, 4) is 11.5 Å². The number of non-ortho nitro benzene ring substituents is 1. The Balaban J connectivity index is 2.25. The molecule has 0 aliphatic carbocycles. The minimum atomic E-state index is -0.633. The molecule has 0 aliphatic rings. The summed E-state index contributed by atoms with van der Waals surface area (Å²) < 4.78 is 6.62. The molecular weight excluding hydrogens is 302 g/mol. The normalized spacial score (nSPS) is 11.6. The van der Waals surface area contributed by atoms with E-state index < -0.39 is 16.9 Å². The van der Waals surface area contributed by atoms with Gasteiger partial charge in [0.2, 0.25) is 12.2 Å². The van der Waals surface area contributed by atoms with Gasteiger partial charge in [-0.25, -0.2) is 0 Å². The fourth-order valence-electron chi connectivity index (χ4n) is 2.00. The van der Waals surface area contributed by atoms with E-state index in [4.69, 9.17) is 4.74 Å². The van der Waals surface area contributed by atoms with Gasteiger partial charge in [-0.3, -0.25) is 14.9 Å². The highest BCUT2D eigenvalue weighted by Gasteiger charge is 2.24. The highest BCUT2D eigenvalue weighted by molar-refractivity contribution is 5.94. The topological polar surface area (TPSA) is 106 Å². The molecule has 0 bridgehead atoms. The van der Waals surface area contributed by atoms with Gasteiger partial charge in [-0.15, -0.1) is 0 Å². The molecule has 1 heterocycles. The van der Waals surface area contributed by atoms with Gasteiger partial charge < -0.3 is 15.2 Å². The number of hydrogen-bond acceptors (Lipinski definition) is 5. The Labute approximate surface area is 132 Å². The van der Waals surface area contributed by atoms with Gasteiger partial charge in [-0.05, 0) is 12.1 Å². The van der Waals surface area contributed by atoms with Crippen molar-refractivity contribution < 1.29 is 24.1 Å². The first-order valence-electron chi connectivity index (χ1n) is 6.75. The third-order valence-electron chi connectivity index (χ3n) is 3.28. The predicted octanol–water partition coefficient (Wildman–Crippen LogP) is 1.80. The lowest BCUT2D eigenvalue weighted by atomic mass is 10.2. The van der Waals surface area contributed by atoms with Gasteiger partial charge in [0, 0.05) is 25.1 Å². The SMILES string of the molecule is COc1ccc([N+](=O)[O-])cc1NC(=O)[C@@H](C)[n+]1cccc(O)c1. The van der Waals surface area contributed by atoms with E-state index in [1.165, 1.54) is 42.1 Å². The summed E-state index contributed by atoms with van der Waals surface area (Å²) in [5.74, 6) is -0.0588. The Morgan fingerprint density at radius 3 is 2.78 bits per heavy atom. The molecule has 8 heteroatoms. The van der Waals surface area contributed by atoms with E-state index in [-0.39, 0.29) is 17.1 Å². The van der Waals surface area contributed by atoms with Crippen molar-refractivity contribution in [2.75, 3.05) is 12.4 Å². The fraction of sp³-hybridized carbons (Fsp3) is 0.200. The molecule has 120 valence electrons. The van der Waals surface area contributed by atoms with Gasteiger partial charge in [0.15, 0.2) is 11.9 Å². The van der Waals surface area contributed by atoms with Crippen LogP contribution in [-0.4, -0.2) is 23.0 Å². The number of pyridine rings is 1. The van der Waals surface area contributed by atoms with Gasteiger partial charge in [0.05, 0.1) is 17.7 Å². The lowest BCUT2D eigenvalue weighted by Crippen LogP contribution is -2.43. The predicted molar refractivity (Wildman–Crippen MR) is 81.3 cm³/mol. The summed E-state index contributed by atoms with van der Waals surface area (Å²) in [5, 5.41) is 22.9. The molecule has 0 fully saturated rings. The zero-order valence-corrected chi connectivity index (χ0v) is 12.6. The Kier molecular flexibility index (Phi) is 4.75. The van der Waals surface area contributed by atoms with E-state index in [1.54, 1.807) is 19.2 Å². The first-order chi connectivity index (χ1) is 10.9. The number of benzene rings is 1. The molecule has 0 spiro atoms. The zero-order chi connectivity index (χ0) is 17.0. The second-order valence-electron chi connectivity index (χ2n) is 4.82. The molecule has 0 aliphatic heterocycles. The summed E-state index contributed by atoms with van der Waals surface area (Å²) in [6, 6.07) is 6.40. The largest absolute Gasteiger partial charge is 0.503 e. The molecule has 2 N–H and O–H groups in total. The van der Waals surface area contributed by atoms with Crippen LogP contribution in [0.4, 0.5) is 11.4 Å². The number of anilines is 1. The number of carbonyl (C=O) groups excluding carboxylic acids is 1. The van der Waals surface area contributed by atoms with Crippen LogP contribution in [0.3, 0.4) is 0 Å². The van der Waals surface area contributed by atoms with E-state index in [0.29, 0.717) is 5.75 Å². The number of nitrogens with one attached hydrogen (secondary N) is 1. The van der Waals surface area contributed by atoms with Gasteiger partial charge in [0.25, 0.3) is 11.6 Å². The van der Waals surface area contributed by atoms with Crippen molar-refractivity contribution in [3.05, 3.63) is 52.8 Å². The second-order valence-corrected chi connectivity index (χ2v) is 4.82. The van der Waals surface area contributed by atoms with Crippen LogP contribution in [0.15, 0.2) is 42.7 Å². The Bertz CT molecular complexity index is 748. The van der Waals surface area contributed by atoms with E-state index in [9.17, 15) is 20.0 Å². The number of methoxy groups -OCH3 is 1. The molecule has 0 saturated carbocycles. The van der Waals surface area contributed by atoms with E-state index in [1.807, 2.05) is 0 Å². The zero-order valence-electron chi connectivity index (χ0n) is 12.6. The Morgan fingerprint density at radius 2 is 2.17 bits per heavy atom. The molecule has 0 unspecified atom stereocenters. The summed E-state index contributed by atoms with van der Waals surface area (Å²) in [4.78, 5) is 22.6. The lowest BCUT2D eigenvalue weighted by Gasteiger charge is -2.11. The van der Waals surface area contributed by atoms with Crippen LogP contribution >= 0.6 is 0 Å². The number of rotatable bonds is 5. The van der Waals surface area contributed by atoms with E-state index >= 15 is 0 Å². The van der Waals surface area contributed by atoms with Gasteiger partial charge in [-0.2, -0.15) is 4.57 Å². The molecule has 2 rings (SSSR count). The molecule has 23 heavy (non-hydrogen) atoms. The molecule has 2 aromatic rings. The second kappa shape index (κ2) is 6.73. The molecule has 1 aromatic carbocycles. The number of amides is 1. The molecule has 0 saturated heterocycles. The van der Waals surface area contributed by atoms with Crippen LogP contribution in [0.5, 0.6) is 11.5 Å². The fourth-order valence-corrected chi connectivity index (χ4v) is 2.00. The van der Waals surface area contributed by atoms with Crippen molar-refractivity contribution in [3.63, 3.8) is 0 Å². The maximum atomic E-state index is 12.3. The molecular formula is C15H16N3O5+. The van der Waals surface area contributed by atoms with Crippen LogP contribution in [0.1, 0.15) is 13.0 Å². The molecule has 1 atom stereocenters. The minimum Gasteiger partial charge on any atom is -0.503 e. The quantitative estimate of drug-likeness (QED) is 0.497. The monoisotopic (exact) mass is 318 g/mol. The molecule has 1 amide bonds. The summed E-state index contributed by atoms with van der Waals surface area (Å²) >= 11 is 0. The van der Waals surface area contributed by atoms with Crippen LogP contribution in [0.2, 0.25) is 0 Å². The number of nitro groups is 1. The number of aromatic nitrogens is 1.